The zero-order valence-corrected chi connectivity index (χ0v) is 15.6. The van der Waals surface area contributed by atoms with E-state index < -0.39 is 0 Å². The minimum atomic E-state index is 0.147. The van der Waals surface area contributed by atoms with E-state index in [2.05, 4.69) is 27.3 Å². The molecular formula is C17H22IN3O2. The standard InChI is InChI=1S/C17H22IN3O2/c1-11(22)20-7-4-15-14(10-20)16(18)19-21(15)12-2-5-17(6-3-12)8-13(23)9-17/h12H,2-10H2,1H3. The summed E-state index contributed by atoms with van der Waals surface area (Å²) < 4.78 is 3.30. The van der Waals surface area contributed by atoms with Gasteiger partial charge in [0.2, 0.25) is 5.91 Å². The maximum absolute atomic E-state index is 11.6. The molecule has 1 aromatic rings. The van der Waals surface area contributed by atoms with E-state index in [0.717, 1.165) is 55.2 Å². The fourth-order valence-corrected chi connectivity index (χ4v) is 5.29. The first-order valence-electron chi connectivity index (χ1n) is 8.50. The highest BCUT2D eigenvalue weighted by Crippen LogP contribution is 2.52. The molecule has 2 heterocycles. The van der Waals surface area contributed by atoms with Crippen molar-refractivity contribution < 1.29 is 9.59 Å². The Morgan fingerprint density at radius 2 is 2.00 bits per heavy atom. The summed E-state index contributed by atoms with van der Waals surface area (Å²) in [7, 11) is 0. The van der Waals surface area contributed by atoms with Crippen molar-refractivity contribution >= 4 is 34.3 Å². The predicted molar refractivity (Wildman–Crippen MR) is 93.9 cm³/mol. The fourth-order valence-electron chi connectivity index (χ4n) is 4.57. The van der Waals surface area contributed by atoms with Gasteiger partial charge in [-0.1, -0.05) is 0 Å². The van der Waals surface area contributed by atoms with E-state index in [1.165, 1.54) is 11.3 Å². The van der Waals surface area contributed by atoms with E-state index in [9.17, 15) is 9.59 Å². The SMILES string of the molecule is CC(=O)N1CCc2c(c(I)nn2C2CCC3(CC2)CC(=O)C3)C1. The number of Topliss-reactive ketones (excluding diaryl/α,β-unsaturated/α-hetero) is 1. The van der Waals surface area contributed by atoms with Gasteiger partial charge in [-0.15, -0.1) is 0 Å². The number of ketones is 1. The van der Waals surface area contributed by atoms with Gasteiger partial charge in [-0.2, -0.15) is 5.10 Å². The van der Waals surface area contributed by atoms with Crippen LogP contribution in [-0.4, -0.2) is 32.9 Å². The lowest BCUT2D eigenvalue weighted by Gasteiger charge is -2.45. The molecule has 0 atom stereocenters. The average Bonchev–Trinajstić information content (AvgIpc) is 2.83. The van der Waals surface area contributed by atoms with E-state index >= 15 is 0 Å². The molecular weight excluding hydrogens is 405 g/mol. The third-order valence-electron chi connectivity index (χ3n) is 5.99. The van der Waals surface area contributed by atoms with Crippen molar-refractivity contribution in [3.63, 3.8) is 0 Å². The molecule has 2 aliphatic carbocycles. The Labute approximate surface area is 149 Å². The molecule has 2 fully saturated rings. The number of halogens is 1. The topological polar surface area (TPSA) is 55.2 Å². The summed E-state index contributed by atoms with van der Waals surface area (Å²) in [6.45, 7) is 3.14. The molecule has 23 heavy (non-hydrogen) atoms. The van der Waals surface area contributed by atoms with Crippen molar-refractivity contribution in [1.29, 1.82) is 0 Å². The number of aromatic nitrogens is 2. The fraction of sp³-hybridized carbons (Fsp3) is 0.706. The smallest absolute Gasteiger partial charge is 0.219 e. The van der Waals surface area contributed by atoms with Crippen molar-refractivity contribution in [2.45, 2.75) is 64.5 Å². The molecule has 0 saturated heterocycles. The lowest BCUT2D eigenvalue weighted by Crippen LogP contribution is -2.41. The zero-order chi connectivity index (χ0) is 16.2. The average molecular weight is 427 g/mol. The van der Waals surface area contributed by atoms with E-state index in [4.69, 9.17) is 5.10 Å². The zero-order valence-electron chi connectivity index (χ0n) is 13.5. The molecule has 0 radical (unpaired) electrons. The summed E-state index contributed by atoms with van der Waals surface area (Å²) in [4.78, 5) is 24.9. The number of rotatable bonds is 1. The second-order valence-corrected chi connectivity index (χ2v) is 8.50. The Morgan fingerprint density at radius 3 is 2.61 bits per heavy atom. The van der Waals surface area contributed by atoms with Crippen LogP contribution in [0.5, 0.6) is 0 Å². The van der Waals surface area contributed by atoms with Crippen LogP contribution in [0, 0.1) is 9.12 Å². The lowest BCUT2D eigenvalue weighted by molar-refractivity contribution is -0.135. The van der Waals surface area contributed by atoms with Crippen LogP contribution < -0.4 is 0 Å². The molecule has 4 rings (SSSR count). The molecule has 1 aliphatic heterocycles. The third-order valence-corrected chi connectivity index (χ3v) is 6.86. The molecule has 124 valence electrons. The molecule has 1 aromatic heterocycles. The quantitative estimate of drug-likeness (QED) is 0.648. The van der Waals surface area contributed by atoms with Crippen LogP contribution in [0.4, 0.5) is 0 Å². The van der Waals surface area contributed by atoms with E-state index in [1.807, 2.05) is 4.90 Å². The molecule has 0 bridgehead atoms. The van der Waals surface area contributed by atoms with Crippen LogP contribution in [0.3, 0.4) is 0 Å². The lowest BCUT2D eigenvalue weighted by atomic mass is 9.59. The molecule has 2 saturated carbocycles. The van der Waals surface area contributed by atoms with Crippen LogP contribution in [0.15, 0.2) is 0 Å². The van der Waals surface area contributed by atoms with Crippen molar-refractivity contribution in [2.24, 2.45) is 5.41 Å². The predicted octanol–water partition coefficient (Wildman–Crippen LogP) is 2.86. The number of carbonyl (C=O) groups excluding carboxylic acids is 2. The number of amides is 1. The summed E-state index contributed by atoms with van der Waals surface area (Å²) in [6, 6.07) is 0.470. The largest absolute Gasteiger partial charge is 0.338 e. The van der Waals surface area contributed by atoms with E-state index in [1.54, 1.807) is 6.92 Å². The van der Waals surface area contributed by atoms with Crippen LogP contribution in [0.1, 0.15) is 62.7 Å². The third kappa shape index (κ3) is 2.62. The number of fused-ring (bicyclic) bond motifs is 1. The molecule has 0 aromatic carbocycles. The maximum atomic E-state index is 11.6. The first kappa shape index (κ1) is 15.6. The molecule has 6 heteroatoms. The molecule has 1 amide bonds. The van der Waals surface area contributed by atoms with Crippen LogP contribution in [-0.2, 0) is 22.6 Å². The van der Waals surface area contributed by atoms with Crippen LogP contribution in [0.25, 0.3) is 0 Å². The Bertz CT molecular complexity index is 664. The number of hydrogen-bond donors (Lipinski definition) is 0. The molecule has 0 N–H and O–H groups in total. The van der Waals surface area contributed by atoms with Gasteiger partial charge in [0.25, 0.3) is 0 Å². The highest BCUT2D eigenvalue weighted by molar-refractivity contribution is 14.1. The Kier molecular flexibility index (Phi) is 3.77. The van der Waals surface area contributed by atoms with Crippen LogP contribution in [0.2, 0.25) is 0 Å². The van der Waals surface area contributed by atoms with Crippen molar-refractivity contribution in [2.75, 3.05) is 6.54 Å². The van der Waals surface area contributed by atoms with Gasteiger partial charge in [-0.05, 0) is 53.7 Å². The minimum Gasteiger partial charge on any atom is -0.338 e. The molecule has 5 nitrogen and oxygen atoms in total. The monoisotopic (exact) mass is 427 g/mol. The van der Waals surface area contributed by atoms with Crippen molar-refractivity contribution in [3.8, 4) is 0 Å². The first-order chi connectivity index (χ1) is 11.0. The molecule has 1 spiro atoms. The van der Waals surface area contributed by atoms with Gasteiger partial charge in [0.05, 0.1) is 12.6 Å². The maximum Gasteiger partial charge on any atom is 0.219 e. The van der Waals surface area contributed by atoms with Gasteiger partial charge in [0.15, 0.2) is 0 Å². The Balaban J connectivity index is 1.52. The Hall–Kier alpha value is -0.920. The normalized spacial score (nSPS) is 23.7. The van der Waals surface area contributed by atoms with E-state index in [-0.39, 0.29) is 5.91 Å². The second-order valence-electron chi connectivity index (χ2n) is 7.47. The van der Waals surface area contributed by atoms with Gasteiger partial charge in [0, 0.05) is 44.0 Å². The van der Waals surface area contributed by atoms with Crippen molar-refractivity contribution in [3.05, 3.63) is 15.0 Å². The van der Waals surface area contributed by atoms with Gasteiger partial charge in [-0.25, -0.2) is 0 Å². The molecule has 3 aliphatic rings. The number of hydrogen-bond acceptors (Lipinski definition) is 3. The Morgan fingerprint density at radius 1 is 1.30 bits per heavy atom. The summed E-state index contributed by atoms with van der Waals surface area (Å²) in [6.07, 6.45) is 7.11. The minimum absolute atomic E-state index is 0.147. The van der Waals surface area contributed by atoms with Crippen molar-refractivity contribution in [1.82, 2.24) is 14.7 Å². The summed E-state index contributed by atoms with van der Waals surface area (Å²) in [5.74, 6) is 0.590. The van der Waals surface area contributed by atoms with Gasteiger partial charge in [0.1, 0.15) is 9.48 Å². The van der Waals surface area contributed by atoms with Crippen LogP contribution >= 0.6 is 22.6 Å². The summed E-state index contributed by atoms with van der Waals surface area (Å²) in [5.41, 5.74) is 2.91. The number of nitrogens with zero attached hydrogens (tertiary/aromatic N) is 3. The van der Waals surface area contributed by atoms with Gasteiger partial charge >= 0.3 is 0 Å². The summed E-state index contributed by atoms with van der Waals surface area (Å²) >= 11 is 2.31. The number of carbonyl (C=O) groups is 2. The molecule has 0 unspecified atom stereocenters. The van der Waals surface area contributed by atoms with Gasteiger partial charge < -0.3 is 4.90 Å². The highest BCUT2D eigenvalue weighted by Gasteiger charge is 2.46. The van der Waals surface area contributed by atoms with Gasteiger partial charge in [-0.3, -0.25) is 14.3 Å². The first-order valence-corrected chi connectivity index (χ1v) is 9.58. The van der Waals surface area contributed by atoms with E-state index in [0.29, 0.717) is 23.8 Å². The second kappa shape index (κ2) is 5.57. The summed E-state index contributed by atoms with van der Waals surface area (Å²) in [5, 5.41) is 4.81. The highest BCUT2D eigenvalue weighted by atomic mass is 127.